The fourth-order valence-corrected chi connectivity index (χ4v) is 5.06. The summed E-state index contributed by atoms with van der Waals surface area (Å²) in [6.45, 7) is 0. The lowest BCUT2D eigenvalue weighted by atomic mass is 10.1. The molecule has 8 heteroatoms. The van der Waals surface area contributed by atoms with E-state index in [1.165, 1.54) is 18.1 Å². The third kappa shape index (κ3) is 4.31. The number of anilines is 1. The second kappa shape index (κ2) is 8.49. The van der Waals surface area contributed by atoms with Crippen molar-refractivity contribution in [2.45, 2.75) is 5.03 Å². The van der Waals surface area contributed by atoms with E-state index in [1.807, 2.05) is 18.2 Å². The number of benzene rings is 2. The van der Waals surface area contributed by atoms with Crippen molar-refractivity contribution in [3.63, 3.8) is 0 Å². The second-order valence-electron chi connectivity index (χ2n) is 5.87. The molecule has 0 aliphatic carbocycles. The number of carbonyl (C=O) groups is 1. The number of thioether (sulfide) groups is 1. The van der Waals surface area contributed by atoms with Gasteiger partial charge in [0.05, 0.1) is 11.1 Å². The Bertz CT molecular complexity index is 1130. The van der Waals surface area contributed by atoms with Crippen LogP contribution < -0.4 is 5.32 Å². The molecular formula is C20H13Cl2N3OS2. The standard InChI is InChI=1S/C20H13Cl2N3OS2/c21-13-6-14(22)8-15(7-13)25-17(26)10-28-20-18-16(12-4-2-1-3-5-12)9-27-19(18)23-11-24-20/h1-9,11H,10H2,(H,25,26). The first-order chi connectivity index (χ1) is 13.6. The molecule has 1 N–H and O–H groups in total. The average molecular weight is 446 g/mol. The molecule has 2 heterocycles. The van der Waals surface area contributed by atoms with Crippen molar-refractivity contribution >= 4 is 68.1 Å². The second-order valence-corrected chi connectivity index (χ2v) is 8.56. The Morgan fingerprint density at radius 3 is 2.57 bits per heavy atom. The first-order valence-corrected chi connectivity index (χ1v) is 10.9. The van der Waals surface area contributed by atoms with E-state index in [1.54, 1.807) is 29.5 Å². The predicted molar refractivity (Wildman–Crippen MR) is 119 cm³/mol. The highest BCUT2D eigenvalue weighted by molar-refractivity contribution is 8.00. The number of halogens is 2. The van der Waals surface area contributed by atoms with Crippen LogP contribution in [0.15, 0.2) is 65.3 Å². The Kier molecular flexibility index (Phi) is 5.82. The Hall–Kier alpha value is -2.12. The van der Waals surface area contributed by atoms with Gasteiger partial charge >= 0.3 is 0 Å². The molecule has 0 saturated carbocycles. The van der Waals surface area contributed by atoms with Crippen molar-refractivity contribution in [2.75, 3.05) is 11.1 Å². The molecule has 4 nitrogen and oxygen atoms in total. The van der Waals surface area contributed by atoms with Crippen molar-refractivity contribution in [3.05, 3.63) is 70.3 Å². The van der Waals surface area contributed by atoms with Gasteiger partial charge in [-0.05, 0) is 23.8 Å². The topological polar surface area (TPSA) is 54.9 Å². The van der Waals surface area contributed by atoms with Crippen LogP contribution in [0.25, 0.3) is 21.3 Å². The lowest BCUT2D eigenvalue weighted by molar-refractivity contribution is -0.113. The van der Waals surface area contributed by atoms with E-state index in [-0.39, 0.29) is 11.7 Å². The van der Waals surface area contributed by atoms with E-state index in [0.717, 1.165) is 26.4 Å². The first kappa shape index (κ1) is 19.2. The van der Waals surface area contributed by atoms with Gasteiger partial charge in [-0.1, -0.05) is 65.3 Å². The number of nitrogens with zero attached hydrogens (tertiary/aromatic N) is 2. The van der Waals surface area contributed by atoms with Crippen LogP contribution in [0.4, 0.5) is 5.69 Å². The Balaban J connectivity index is 1.55. The lowest BCUT2D eigenvalue weighted by Gasteiger charge is -2.07. The molecule has 28 heavy (non-hydrogen) atoms. The lowest BCUT2D eigenvalue weighted by Crippen LogP contribution is -2.14. The summed E-state index contributed by atoms with van der Waals surface area (Å²) in [6, 6.07) is 15.0. The summed E-state index contributed by atoms with van der Waals surface area (Å²) in [7, 11) is 0. The summed E-state index contributed by atoms with van der Waals surface area (Å²) < 4.78 is 0. The summed E-state index contributed by atoms with van der Waals surface area (Å²) in [5.74, 6) is 0.0481. The molecule has 2 aromatic heterocycles. The fraction of sp³-hybridized carbons (Fsp3) is 0.0500. The van der Waals surface area contributed by atoms with Gasteiger partial charge in [-0.3, -0.25) is 4.79 Å². The van der Waals surface area contributed by atoms with Crippen LogP contribution in [0.2, 0.25) is 10.0 Å². The number of fused-ring (bicyclic) bond motifs is 1. The maximum atomic E-state index is 12.4. The minimum absolute atomic E-state index is 0.161. The summed E-state index contributed by atoms with van der Waals surface area (Å²) >= 11 is 14.9. The van der Waals surface area contributed by atoms with E-state index < -0.39 is 0 Å². The highest BCUT2D eigenvalue weighted by Gasteiger charge is 2.15. The summed E-state index contributed by atoms with van der Waals surface area (Å²) in [6.07, 6.45) is 1.53. The zero-order chi connectivity index (χ0) is 19.5. The van der Waals surface area contributed by atoms with Gasteiger partial charge < -0.3 is 5.32 Å². The molecule has 1 amide bonds. The van der Waals surface area contributed by atoms with Gasteiger partial charge in [0.1, 0.15) is 16.2 Å². The zero-order valence-corrected chi connectivity index (χ0v) is 17.5. The summed E-state index contributed by atoms with van der Waals surface area (Å²) in [5.41, 5.74) is 2.74. The van der Waals surface area contributed by atoms with Gasteiger partial charge in [0, 0.05) is 26.7 Å². The quantitative estimate of drug-likeness (QED) is 0.285. The van der Waals surface area contributed by atoms with Gasteiger partial charge in [0.15, 0.2) is 0 Å². The number of hydrogen-bond donors (Lipinski definition) is 1. The molecule has 0 atom stereocenters. The third-order valence-electron chi connectivity index (χ3n) is 3.91. The number of nitrogens with one attached hydrogen (secondary N) is 1. The average Bonchev–Trinajstić information content (AvgIpc) is 3.11. The molecule has 4 aromatic rings. The van der Waals surface area contributed by atoms with Crippen LogP contribution in [-0.4, -0.2) is 21.6 Å². The maximum absolute atomic E-state index is 12.4. The van der Waals surface area contributed by atoms with E-state index >= 15 is 0 Å². The van der Waals surface area contributed by atoms with Crippen LogP contribution in [0.5, 0.6) is 0 Å². The van der Waals surface area contributed by atoms with Crippen molar-refractivity contribution in [3.8, 4) is 11.1 Å². The normalized spacial score (nSPS) is 10.9. The van der Waals surface area contributed by atoms with Crippen molar-refractivity contribution < 1.29 is 4.79 Å². The Morgan fingerprint density at radius 1 is 1.07 bits per heavy atom. The molecule has 2 aromatic carbocycles. The van der Waals surface area contributed by atoms with Crippen molar-refractivity contribution in [1.29, 1.82) is 0 Å². The minimum Gasteiger partial charge on any atom is -0.325 e. The molecule has 0 radical (unpaired) electrons. The summed E-state index contributed by atoms with van der Waals surface area (Å²) in [4.78, 5) is 22.1. The van der Waals surface area contributed by atoms with Crippen molar-refractivity contribution in [2.24, 2.45) is 0 Å². The van der Waals surface area contributed by atoms with Crippen LogP contribution in [0.3, 0.4) is 0 Å². The highest BCUT2D eigenvalue weighted by Crippen LogP contribution is 2.37. The molecule has 0 saturated heterocycles. The number of rotatable bonds is 5. The number of aromatic nitrogens is 2. The molecule has 4 rings (SSSR count). The van der Waals surface area contributed by atoms with Crippen LogP contribution in [0.1, 0.15) is 0 Å². The Morgan fingerprint density at radius 2 is 1.82 bits per heavy atom. The predicted octanol–water partition coefficient (Wildman–Crippen LogP) is 6.40. The van der Waals surface area contributed by atoms with E-state index in [0.29, 0.717) is 15.7 Å². The molecule has 0 aliphatic rings. The SMILES string of the molecule is O=C(CSc1ncnc2scc(-c3ccccc3)c12)Nc1cc(Cl)cc(Cl)c1. The molecule has 0 unspecified atom stereocenters. The minimum atomic E-state index is -0.161. The van der Waals surface area contributed by atoms with Crippen molar-refractivity contribution in [1.82, 2.24) is 9.97 Å². The summed E-state index contributed by atoms with van der Waals surface area (Å²) in [5, 5.41) is 7.59. The number of amides is 1. The smallest absolute Gasteiger partial charge is 0.234 e. The number of carbonyl (C=O) groups excluding carboxylic acids is 1. The van der Waals surface area contributed by atoms with Crippen LogP contribution in [-0.2, 0) is 4.79 Å². The monoisotopic (exact) mass is 445 g/mol. The number of hydrogen-bond acceptors (Lipinski definition) is 5. The van der Waals surface area contributed by atoms with Gasteiger partial charge in [-0.2, -0.15) is 0 Å². The first-order valence-electron chi connectivity index (χ1n) is 8.26. The molecule has 0 fully saturated rings. The Labute approximate surface area is 179 Å². The maximum Gasteiger partial charge on any atom is 0.234 e. The van der Waals surface area contributed by atoms with Gasteiger partial charge in [-0.25, -0.2) is 9.97 Å². The third-order valence-corrected chi connectivity index (χ3v) is 6.22. The molecule has 0 spiro atoms. The zero-order valence-electron chi connectivity index (χ0n) is 14.4. The van der Waals surface area contributed by atoms with Crippen LogP contribution >= 0.6 is 46.3 Å². The number of thiophene rings is 1. The van der Waals surface area contributed by atoms with Gasteiger partial charge in [0.25, 0.3) is 0 Å². The fourth-order valence-electron chi connectivity index (χ4n) is 2.74. The largest absolute Gasteiger partial charge is 0.325 e. The molecule has 140 valence electrons. The van der Waals surface area contributed by atoms with Crippen LogP contribution in [0, 0.1) is 0 Å². The molecule has 0 aliphatic heterocycles. The van der Waals surface area contributed by atoms with Gasteiger partial charge in [0.2, 0.25) is 5.91 Å². The van der Waals surface area contributed by atoms with E-state index in [9.17, 15) is 4.79 Å². The molecule has 0 bridgehead atoms. The van der Waals surface area contributed by atoms with E-state index in [2.05, 4.69) is 32.8 Å². The molecular weight excluding hydrogens is 433 g/mol. The van der Waals surface area contributed by atoms with E-state index in [4.69, 9.17) is 23.2 Å². The van der Waals surface area contributed by atoms with Gasteiger partial charge in [-0.15, -0.1) is 11.3 Å². The highest BCUT2D eigenvalue weighted by atomic mass is 35.5.